The Labute approximate surface area is 119 Å². The minimum atomic E-state index is -0.212. The zero-order chi connectivity index (χ0) is 14.9. The molecule has 0 unspecified atom stereocenters. The lowest BCUT2D eigenvalue weighted by Crippen LogP contribution is -2.40. The fraction of sp³-hybridized carbons (Fsp3) is 0.467. The molecule has 0 radical (unpaired) electrons. The van der Waals surface area contributed by atoms with Gasteiger partial charge in [0.25, 0.3) is 0 Å². The Morgan fingerprint density at radius 2 is 2.10 bits per heavy atom. The maximum Gasteiger partial charge on any atom is 0.222 e. The highest BCUT2D eigenvalue weighted by Gasteiger charge is 2.15. The summed E-state index contributed by atoms with van der Waals surface area (Å²) in [6, 6.07) is 5.96. The van der Waals surface area contributed by atoms with E-state index >= 15 is 0 Å². The minimum absolute atomic E-state index is 0.0198. The van der Waals surface area contributed by atoms with Crippen molar-refractivity contribution in [3.05, 3.63) is 23.8 Å². The van der Waals surface area contributed by atoms with Gasteiger partial charge in [0.15, 0.2) is 0 Å². The van der Waals surface area contributed by atoms with E-state index in [0.29, 0.717) is 18.9 Å². The SMILES string of the molecule is Cc1cccc2c1nc(N)n2CCC(=O)NC(C)(C)C. The van der Waals surface area contributed by atoms with Gasteiger partial charge in [0, 0.05) is 18.5 Å². The van der Waals surface area contributed by atoms with Crippen molar-refractivity contribution >= 4 is 22.9 Å². The average Bonchev–Trinajstić information content (AvgIpc) is 2.62. The average molecular weight is 274 g/mol. The van der Waals surface area contributed by atoms with Crippen LogP contribution in [-0.4, -0.2) is 21.0 Å². The van der Waals surface area contributed by atoms with Crippen LogP contribution < -0.4 is 11.1 Å². The molecule has 2 aromatic rings. The lowest BCUT2D eigenvalue weighted by Gasteiger charge is -2.20. The van der Waals surface area contributed by atoms with Crippen LogP contribution in [0.1, 0.15) is 32.8 Å². The molecule has 0 aliphatic heterocycles. The normalized spacial score (nSPS) is 11.8. The van der Waals surface area contributed by atoms with E-state index < -0.39 is 0 Å². The molecule has 108 valence electrons. The van der Waals surface area contributed by atoms with Gasteiger partial charge in [-0.05, 0) is 39.3 Å². The number of amides is 1. The van der Waals surface area contributed by atoms with Crippen LogP contribution in [0.15, 0.2) is 18.2 Å². The maximum absolute atomic E-state index is 11.9. The van der Waals surface area contributed by atoms with E-state index in [1.165, 1.54) is 0 Å². The van der Waals surface area contributed by atoms with Crippen molar-refractivity contribution in [2.75, 3.05) is 5.73 Å². The molecule has 1 aromatic carbocycles. The molecule has 0 aliphatic rings. The van der Waals surface area contributed by atoms with Gasteiger partial charge in [-0.1, -0.05) is 12.1 Å². The number of nitrogens with two attached hydrogens (primary N) is 1. The van der Waals surface area contributed by atoms with Crippen LogP contribution >= 0.6 is 0 Å². The van der Waals surface area contributed by atoms with Crippen LogP contribution in [0.25, 0.3) is 11.0 Å². The van der Waals surface area contributed by atoms with Gasteiger partial charge >= 0.3 is 0 Å². The Balaban J connectivity index is 2.16. The molecule has 5 nitrogen and oxygen atoms in total. The van der Waals surface area contributed by atoms with Crippen molar-refractivity contribution in [1.29, 1.82) is 0 Å². The maximum atomic E-state index is 11.9. The first-order valence-corrected chi connectivity index (χ1v) is 6.80. The second-order valence-corrected chi connectivity index (χ2v) is 6.11. The number of hydrogen-bond donors (Lipinski definition) is 2. The highest BCUT2D eigenvalue weighted by Crippen LogP contribution is 2.21. The Kier molecular flexibility index (Phi) is 3.70. The minimum Gasteiger partial charge on any atom is -0.369 e. The number of nitrogens with one attached hydrogen (secondary N) is 1. The van der Waals surface area contributed by atoms with Gasteiger partial charge in [-0.25, -0.2) is 4.98 Å². The number of rotatable bonds is 3. The number of carbonyl (C=O) groups excluding carboxylic acids is 1. The number of carbonyl (C=O) groups is 1. The van der Waals surface area contributed by atoms with E-state index in [9.17, 15) is 4.79 Å². The first-order valence-electron chi connectivity index (χ1n) is 6.80. The summed E-state index contributed by atoms with van der Waals surface area (Å²) in [6.07, 6.45) is 0.390. The van der Waals surface area contributed by atoms with E-state index in [4.69, 9.17) is 5.73 Å². The van der Waals surface area contributed by atoms with Gasteiger partial charge in [-0.3, -0.25) is 4.79 Å². The molecule has 2 rings (SSSR count). The van der Waals surface area contributed by atoms with Gasteiger partial charge in [0.05, 0.1) is 11.0 Å². The van der Waals surface area contributed by atoms with Crippen LogP contribution in [0.5, 0.6) is 0 Å². The molecule has 0 fully saturated rings. The molecule has 5 heteroatoms. The van der Waals surface area contributed by atoms with Crippen molar-refractivity contribution in [1.82, 2.24) is 14.9 Å². The number of para-hydroxylation sites is 1. The molecule has 1 heterocycles. The molecule has 0 bridgehead atoms. The molecule has 0 atom stereocenters. The molecule has 1 amide bonds. The van der Waals surface area contributed by atoms with E-state index in [2.05, 4.69) is 10.3 Å². The zero-order valence-corrected chi connectivity index (χ0v) is 12.5. The predicted molar refractivity (Wildman–Crippen MR) is 81.4 cm³/mol. The summed E-state index contributed by atoms with van der Waals surface area (Å²) < 4.78 is 1.89. The first-order chi connectivity index (χ1) is 9.28. The molecule has 0 spiro atoms. The van der Waals surface area contributed by atoms with Gasteiger partial charge in [0.2, 0.25) is 11.9 Å². The molecule has 0 saturated heterocycles. The Morgan fingerprint density at radius 3 is 2.75 bits per heavy atom. The number of nitrogens with zero attached hydrogens (tertiary/aromatic N) is 2. The summed E-state index contributed by atoms with van der Waals surface area (Å²) in [5.41, 5.74) is 8.72. The predicted octanol–water partition coefficient (Wildman–Crippen LogP) is 2.23. The smallest absolute Gasteiger partial charge is 0.222 e. The summed E-state index contributed by atoms with van der Waals surface area (Å²) >= 11 is 0. The number of imidazole rings is 1. The molecule has 1 aromatic heterocycles. The molecule has 3 N–H and O–H groups in total. The van der Waals surface area contributed by atoms with Gasteiger partial charge in [-0.15, -0.1) is 0 Å². The van der Waals surface area contributed by atoms with Crippen LogP contribution in [0.4, 0.5) is 5.95 Å². The fourth-order valence-corrected chi connectivity index (χ4v) is 2.23. The topological polar surface area (TPSA) is 72.9 Å². The third-order valence-electron chi connectivity index (χ3n) is 3.09. The number of aromatic nitrogens is 2. The van der Waals surface area contributed by atoms with Crippen molar-refractivity contribution < 1.29 is 4.79 Å². The summed E-state index contributed by atoms with van der Waals surface area (Å²) in [6.45, 7) is 8.44. The Morgan fingerprint density at radius 1 is 1.40 bits per heavy atom. The number of benzene rings is 1. The second-order valence-electron chi connectivity index (χ2n) is 6.11. The van der Waals surface area contributed by atoms with E-state index in [1.807, 2.05) is 50.5 Å². The number of nitrogen functional groups attached to an aromatic ring is 1. The number of aryl methyl sites for hydroxylation is 2. The molecule has 0 saturated carbocycles. The lowest BCUT2D eigenvalue weighted by molar-refractivity contribution is -0.122. The number of fused-ring (bicyclic) bond motifs is 1. The van der Waals surface area contributed by atoms with E-state index in [0.717, 1.165) is 16.6 Å². The number of anilines is 1. The van der Waals surface area contributed by atoms with Gasteiger partial charge in [0.1, 0.15) is 0 Å². The Hall–Kier alpha value is -2.04. The van der Waals surface area contributed by atoms with Crippen LogP contribution in [0.3, 0.4) is 0 Å². The summed E-state index contributed by atoms with van der Waals surface area (Å²) in [5, 5.41) is 2.95. The molecule has 20 heavy (non-hydrogen) atoms. The third kappa shape index (κ3) is 3.10. The summed E-state index contributed by atoms with van der Waals surface area (Å²) in [5.74, 6) is 0.476. The molecular weight excluding hydrogens is 252 g/mol. The summed E-state index contributed by atoms with van der Waals surface area (Å²) in [7, 11) is 0. The third-order valence-corrected chi connectivity index (χ3v) is 3.09. The van der Waals surface area contributed by atoms with Crippen molar-refractivity contribution in [2.45, 2.75) is 46.2 Å². The summed E-state index contributed by atoms with van der Waals surface area (Å²) in [4.78, 5) is 16.3. The van der Waals surface area contributed by atoms with Crippen LogP contribution in [0, 0.1) is 6.92 Å². The van der Waals surface area contributed by atoms with Crippen LogP contribution in [0.2, 0.25) is 0 Å². The monoisotopic (exact) mass is 274 g/mol. The van der Waals surface area contributed by atoms with Gasteiger partial charge in [-0.2, -0.15) is 0 Å². The van der Waals surface area contributed by atoms with Crippen molar-refractivity contribution in [3.8, 4) is 0 Å². The zero-order valence-electron chi connectivity index (χ0n) is 12.5. The van der Waals surface area contributed by atoms with Crippen molar-refractivity contribution in [3.63, 3.8) is 0 Å². The molecular formula is C15H22N4O. The Bertz CT molecular complexity index is 637. The van der Waals surface area contributed by atoms with Crippen molar-refractivity contribution in [2.24, 2.45) is 0 Å². The van der Waals surface area contributed by atoms with Crippen LogP contribution in [-0.2, 0) is 11.3 Å². The highest BCUT2D eigenvalue weighted by atomic mass is 16.1. The van der Waals surface area contributed by atoms with Gasteiger partial charge < -0.3 is 15.6 Å². The second kappa shape index (κ2) is 5.15. The fourth-order valence-electron chi connectivity index (χ4n) is 2.23. The first kappa shape index (κ1) is 14.4. The quantitative estimate of drug-likeness (QED) is 0.901. The number of hydrogen-bond acceptors (Lipinski definition) is 3. The standard InChI is InChI=1S/C15H22N4O/c1-10-6-5-7-11-13(10)17-14(16)19(11)9-8-12(20)18-15(2,3)4/h5-7H,8-9H2,1-4H3,(H2,16,17)(H,18,20). The highest BCUT2D eigenvalue weighted by molar-refractivity contribution is 5.82. The lowest BCUT2D eigenvalue weighted by atomic mass is 10.1. The largest absolute Gasteiger partial charge is 0.369 e. The van der Waals surface area contributed by atoms with E-state index in [1.54, 1.807) is 0 Å². The van der Waals surface area contributed by atoms with E-state index in [-0.39, 0.29) is 11.4 Å². The molecule has 0 aliphatic carbocycles.